The molecule has 2 aliphatic rings. The molecule has 2 aromatic rings. The second-order valence-corrected chi connectivity index (χ2v) is 9.59. The maximum absolute atomic E-state index is 15.3. The molecule has 7 nitrogen and oxygen atoms in total. The average molecular weight is 408 g/mol. The normalized spacial score (nSPS) is 24.6. The van der Waals surface area contributed by atoms with Gasteiger partial charge in [-0.2, -0.15) is 0 Å². The summed E-state index contributed by atoms with van der Waals surface area (Å²) in [7, 11) is -2.34. The topological polar surface area (TPSA) is 75.8 Å². The Hall–Kier alpha value is -1.55. The molecule has 0 amide bonds. The van der Waals surface area contributed by atoms with Gasteiger partial charge in [0.25, 0.3) is 0 Å². The lowest BCUT2D eigenvalue weighted by Gasteiger charge is -2.32. The number of hydrogen-bond donors (Lipinski definition) is 0. The summed E-state index contributed by atoms with van der Waals surface area (Å²) in [6, 6.07) is 0. The Kier molecular flexibility index (Phi) is 4.28. The molecule has 0 bridgehead atoms. The number of nitrogens with zero attached hydrogens (tertiary/aromatic N) is 2. The highest BCUT2D eigenvalue weighted by atomic mass is 19.2. The molecule has 0 spiro atoms. The van der Waals surface area contributed by atoms with E-state index in [0.717, 1.165) is 0 Å². The van der Waals surface area contributed by atoms with Crippen molar-refractivity contribution in [3.63, 3.8) is 0 Å². The average Bonchev–Trinajstić information content (AvgIpc) is 3.15. The molecule has 0 saturated carbocycles. The Morgan fingerprint density at radius 1 is 0.586 bits per heavy atom. The Bertz CT molecular complexity index is 884. The molecule has 0 aliphatic carbocycles. The molecule has 156 valence electrons. The SMILES string of the molecule is CC1(C)OB(c2c(F)c(F)c(B3OC(C)(C)C(C)(C)O3)c3nonc23)OC1(C)C. The van der Waals surface area contributed by atoms with Crippen molar-refractivity contribution < 1.29 is 32.0 Å². The van der Waals surface area contributed by atoms with Gasteiger partial charge >= 0.3 is 14.2 Å². The molecule has 0 atom stereocenters. The molecule has 3 heterocycles. The van der Waals surface area contributed by atoms with E-state index in [-0.39, 0.29) is 22.0 Å². The van der Waals surface area contributed by atoms with E-state index in [4.69, 9.17) is 23.2 Å². The van der Waals surface area contributed by atoms with Crippen molar-refractivity contribution in [2.24, 2.45) is 0 Å². The van der Waals surface area contributed by atoms with Crippen molar-refractivity contribution in [2.45, 2.75) is 77.8 Å². The van der Waals surface area contributed by atoms with Crippen molar-refractivity contribution >= 4 is 36.2 Å². The number of aromatic nitrogens is 2. The number of hydrogen-bond acceptors (Lipinski definition) is 7. The van der Waals surface area contributed by atoms with Crippen LogP contribution in [0.25, 0.3) is 11.0 Å². The quantitative estimate of drug-likeness (QED) is 0.705. The van der Waals surface area contributed by atoms with Crippen LogP contribution in [0.1, 0.15) is 55.4 Å². The fourth-order valence-electron chi connectivity index (χ4n) is 3.34. The Balaban J connectivity index is 1.86. The van der Waals surface area contributed by atoms with Crippen molar-refractivity contribution in [1.29, 1.82) is 0 Å². The minimum absolute atomic E-state index is 0.00659. The third-order valence-corrected chi connectivity index (χ3v) is 6.64. The molecule has 2 fully saturated rings. The van der Waals surface area contributed by atoms with Gasteiger partial charge in [0.05, 0.1) is 33.3 Å². The first-order valence-corrected chi connectivity index (χ1v) is 9.53. The molecule has 0 unspecified atom stereocenters. The highest BCUT2D eigenvalue weighted by molar-refractivity contribution is 6.68. The van der Waals surface area contributed by atoms with E-state index in [1.165, 1.54) is 0 Å². The van der Waals surface area contributed by atoms with Crippen molar-refractivity contribution in [2.75, 3.05) is 0 Å². The summed E-state index contributed by atoms with van der Waals surface area (Å²) in [6.45, 7) is 14.5. The van der Waals surface area contributed by atoms with Gasteiger partial charge in [0.2, 0.25) is 0 Å². The van der Waals surface area contributed by atoms with Crippen molar-refractivity contribution in [3.8, 4) is 0 Å². The van der Waals surface area contributed by atoms with Crippen LogP contribution in [0.5, 0.6) is 0 Å². The smallest absolute Gasteiger partial charge is 0.399 e. The van der Waals surface area contributed by atoms with Crippen LogP contribution in [-0.4, -0.2) is 47.0 Å². The van der Waals surface area contributed by atoms with Gasteiger partial charge in [0.15, 0.2) is 11.6 Å². The van der Waals surface area contributed by atoms with E-state index in [9.17, 15) is 0 Å². The van der Waals surface area contributed by atoms with E-state index in [1.54, 1.807) is 0 Å². The predicted molar refractivity (Wildman–Crippen MR) is 103 cm³/mol. The Morgan fingerprint density at radius 2 is 0.862 bits per heavy atom. The summed E-state index contributed by atoms with van der Waals surface area (Å²) in [5, 5.41) is 7.60. The highest BCUT2D eigenvalue weighted by Crippen LogP contribution is 2.39. The van der Waals surface area contributed by atoms with Crippen LogP contribution >= 0.6 is 0 Å². The van der Waals surface area contributed by atoms with Gasteiger partial charge in [0, 0.05) is 0 Å². The van der Waals surface area contributed by atoms with E-state index in [1.807, 2.05) is 55.4 Å². The van der Waals surface area contributed by atoms with Gasteiger partial charge in [-0.1, -0.05) is 10.3 Å². The van der Waals surface area contributed by atoms with Crippen molar-refractivity contribution in [1.82, 2.24) is 10.3 Å². The lowest BCUT2D eigenvalue weighted by Crippen LogP contribution is -2.44. The van der Waals surface area contributed by atoms with Crippen LogP contribution in [0, 0.1) is 11.6 Å². The molecular weight excluding hydrogens is 384 g/mol. The Labute approximate surface area is 168 Å². The first-order valence-electron chi connectivity index (χ1n) is 9.53. The zero-order valence-corrected chi connectivity index (χ0v) is 17.8. The third-order valence-electron chi connectivity index (χ3n) is 6.64. The summed E-state index contributed by atoms with van der Waals surface area (Å²) in [5.74, 6) is -2.31. The fourth-order valence-corrected chi connectivity index (χ4v) is 3.34. The molecule has 29 heavy (non-hydrogen) atoms. The Morgan fingerprint density at radius 3 is 1.14 bits per heavy atom. The second-order valence-electron chi connectivity index (χ2n) is 9.59. The molecule has 11 heteroatoms. The van der Waals surface area contributed by atoms with Crippen molar-refractivity contribution in [3.05, 3.63) is 11.6 Å². The maximum Gasteiger partial charge on any atom is 0.500 e. The van der Waals surface area contributed by atoms with Crippen LogP contribution in [0.4, 0.5) is 8.78 Å². The zero-order chi connectivity index (χ0) is 21.6. The van der Waals surface area contributed by atoms with Crippen LogP contribution in [0.2, 0.25) is 0 Å². The van der Waals surface area contributed by atoms with E-state index >= 15 is 8.78 Å². The van der Waals surface area contributed by atoms with E-state index in [2.05, 4.69) is 10.3 Å². The molecular formula is C18H24B2F2N2O5. The lowest BCUT2D eigenvalue weighted by molar-refractivity contribution is 0.00578. The molecule has 2 saturated heterocycles. The van der Waals surface area contributed by atoms with Crippen LogP contribution in [-0.2, 0) is 18.6 Å². The third kappa shape index (κ3) is 2.85. The monoisotopic (exact) mass is 408 g/mol. The predicted octanol–water partition coefficient (Wildman–Crippen LogP) is 2.10. The molecule has 2 aliphatic heterocycles. The van der Waals surface area contributed by atoms with Gasteiger partial charge in [0.1, 0.15) is 11.0 Å². The number of rotatable bonds is 2. The minimum atomic E-state index is -1.17. The molecule has 0 radical (unpaired) electrons. The highest BCUT2D eigenvalue weighted by Gasteiger charge is 2.56. The van der Waals surface area contributed by atoms with Gasteiger partial charge < -0.3 is 18.6 Å². The summed E-state index contributed by atoms with van der Waals surface area (Å²) >= 11 is 0. The van der Waals surface area contributed by atoms with Crippen LogP contribution in [0.15, 0.2) is 4.63 Å². The van der Waals surface area contributed by atoms with Crippen LogP contribution < -0.4 is 10.9 Å². The number of halogens is 2. The standard InChI is InChI=1S/C18H24B2F2N2O5/c1-15(2)16(3,4)26-19(25-15)9-11(21)12(22)10(14-13(9)23-29-24-14)20-27-17(5,6)18(7,8)28-20/h1-8H3. The largest absolute Gasteiger partial charge is 0.500 e. The second kappa shape index (κ2) is 6.00. The van der Waals surface area contributed by atoms with Gasteiger partial charge in [-0.15, -0.1) is 0 Å². The zero-order valence-electron chi connectivity index (χ0n) is 17.8. The summed E-state index contributed by atoms with van der Waals surface area (Å²) in [6.07, 6.45) is 0. The van der Waals surface area contributed by atoms with Gasteiger partial charge in [-0.25, -0.2) is 13.4 Å². The summed E-state index contributed by atoms with van der Waals surface area (Å²) in [4.78, 5) is 0. The number of benzene rings is 1. The van der Waals surface area contributed by atoms with E-state index in [0.29, 0.717) is 0 Å². The van der Waals surface area contributed by atoms with Gasteiger partial charge in [-0.3, -0.25) is 0 Å². The van der Waals surface area contributed by atoms with E-state index < -0.39 is 48.3 Å². The first kappa shape index (κ1) is 20.7. The molecule has 4 rings (SSSR count). The van der Waals surface area contributed by atoms with Crippen LogP contribution in [0.3, 0.4) is 0 Å². The molecule has 1 aromatic carbocycles. The summed E-state index contributed by atoms with van der Waals surface area (Å²) in [5.41, 5.74) is -3.35. The first-order chi connectivity index (χ1) is 13.2. The molecule has 0 N–H and O–H groups in total. The lowest BCUT2D eigenvalue weighted by atomic mass is 9.71. The summed E-state index contributed by atoms with van der Waals surface area (Å²) < 4.78 is 59.0. The van der Waals surface area contributed by atoms with Gasteiger partial charge in [-0.05, 0) is 55.4 Å². The minimum Gasteiger partial charge on any atom is -0.399 e. The molecule has 1 aromatic heterocycles. The fraction of sp³-hybridized carbons (Fsp3) is 0.667. The maximum atomic E-state index is 15.3. The number of fused-ring (bicyclic) bond motifs is 1.